The van der Waals surface area contributed by atoms with Crippen molar-refractivity contribution in [1.29, 1.82) is 5.26 Å². The highest BCUT2D eigenvalue weighted by molar-refractivity contribution is 5.96. The van der Waals surface area contributed by atoms with E-state index in [0.717, 1.165) is 10.9 Å². The zero-order chi connectivity index (χ0) is 14.0. The fourth-order valence-electron chi connectivity index (χ4n) is 2.22. The van der Waals surface area contributed by atoms with E-state index in [1.165, 1.54) is 0 Å². The second-order valence-corrected chi connectivity index (χ2v) is 4.60. The zero-order valence-electron chi connectivity index (χ0n) is 11.3. The molecule has 1 aromatic heterocycles. The lowest BCUT2D eigenvalue weighted by Crippen LogP contribution is -2.13. The van der Waals surface area contributed by atoms with Gasteiger partial charge in [-0.25, -0.2) is 4.79 Å². The minimum absolute atomic E-state index is 0.143. The van der Waals surface area contributed by atoms with Gasteiger partial charge in [0, 0.05) is 16.9 Å². The van der Waals surface area contributed by atoms with Gasteiger partial charge < -0.3 is 9.30 Å². The molecule has 0 aliphatic rings. The van der Waals surface area contributed by atoms with Gasteiger partial charge in [-0.3, -0.25) is 0 Å². The molecule has 4 heteroatoms. The molecule has 0 bridgehead atoms. The van der Waals surface area contributed by atoms with Gasteiger partial charge in [-0.05, 0) is 45.0 Å². The predicted octanol–water partition coefficient (Wildman–Crippen LogP) is 3.27. The number of benzene rings is 1. The highest BCUT2D eigenvalue weighted by Gasteiger charge is 2.18. The van der Waals surface area contributed by atoms with Crippen molar-refractivity contribution in [3.63, 3.8) is 0 Å². The van der Waals surface area contributed by atoms with Gasteiger partial charge in [0.25, 0.3) is 0 Å². The van der Waals surface area contributed by atoms with Crippen LogP contribution in [0.5, 0.6) is 0 Å². The van der Waals surface area contributed by atoms with Crippen molar-refractivity contribution in [2.24, 2.45) is 0 Å². The number of carbonyl (C=O) groups excluding carboxylic acids is 1. The summed E-state index contributed by atoms with van der Waals surface area (Å²) in [6, 6.07) is 9.46. The van der Waals surface area contributed by atoms with Gasteiger partial charge in [0.15, 0.2) is 0 Å². The Balaban J connectivity index is 2.66. The fourth-order valence-corrected chi connectivity index (χ4v) is 2.22. The number of nitrogens with zero attached hydrogens (tertiary/aromatic N) is 2. The summed E-state index contributed by atoms with van der Waals surface area (Å²) in [5.41, 5.74) is 2.06. The SMILES string of the molecule is CCOC(=O)c1cc2cc(C#N)ccc2n1C(C)C. The minimum atomic E-state index is -0.328. The Hall–Kier alpha value is -2.28. The molecule has 0 saturated carbocycles. The number of ether oxygens (including phenoxy) is 1. The van der Waals surface area contributed by atoms with Gasteiger partial charge in [-0.1, -0.05) is 0 Å². The maximum absolute atomic E-state index is 12.0. The summed E-state index contributed by atoms with van der Waals surface area (Å²) in [7, 11) is 0. The lowest BCUT2D eigenvalue weighted by atomic mass is 10.2. The topological polar surface area (TPSA) is 55.0 Å². The van der Waals surface area contributed by atoms with Crippen LogP contribution in [0.2, 0.25) is 0 Å². The third kappa shape index (κ3) is 2.32. The first-order chi connectivity index (χ1) is 9.08. The quantitative estimate of drug-likeness (QED) is 0.792. The van der Waals surface area contributed by atoms with Crippen molar-refractivity contribution in [1.82, 2.24) is 4.57 Å². The first-order valence-electron chi connectivity index (χ1n) is 6.30. The number of aromatic nitrogens is 1. The maximum atomic E-state index is 12.0. The molecule has 0 radical (unpaired) electrons. The van der Waals surface area contributed by atoms with Crippen LogP contribution in [-0.2, 0) is 4.74 Å². The molecule has 1 aromatic carbocycles. The van der Waals surface area contributed by atoms with Gasteiger partial charge in [0.2, 0.25) is 0 Å². The molecule has 0 N–H and O–H groups in total. The van der Waals surface area contributed by atoms with Crippen molar-refractivity contribution < 1.29 is 9.53 Å². The number of carbonyl (C=O) groups is 1. The summed E-state index contributed by atoms with van der Waals surface area (Å²) in [6.07, 6.45) is 0. The van der Waals surface area contributed by atoms with Crippen LogP contribution in [0.3, 0.4) is 0 Å². The predicted molar refractivity (Wildman–Crippen MR) is 73.0 cm³/mol. The molecule has 98 valence electrons. The molecular formula is C15H16N2O2. The Morgan fingerprint density at radius 1 is 1.42 bits per heavy atom. The second kappa shape index (κ2) is 5.15. The number of esters is 1. The summed E-state index contributed by atoms with van der Waals surface area (Å²) in [5, 5.41) is 9.81. The Labute approximate surface area is 112 Å². The van der Waals surface area contributed by atoms with E-state index in [1.807, 2.05) is 24.5 Å². The average molecular weight is 256 g/mol. The van der Waals surface area contributed by atoms with E-state index in [0.29, 0.717) is 17.9 Å². The molecule has 0 fully saturated rings. The van der Waals surface area contributed by atoms with Gasteiger partial charge in [0.1, 0.15) is 5.69 Å². The monoisotopic (exact) mass is 256 g/mol. The molecule has 4 nitrogen and oxygen atoms in total. The van der Waals surface area contributed by atoms with E-state index in [-0.39, 0.29) is 12.0 Å². The van der Waals surface area contributed by atoms with Crippen molar-refractivity contribution in [2.75, 3.05) is 6.61 Å². The van der Waals surface area contributed by atoms with Crippen molar-refractivity contribution >= 4 is 16.9 Å². The molecule has 0 aliphatic carbocycles. The van der Waals surface area contributed by atoms with E-state index in [4.69, 9.17) is 10.00 Å². The van der Waals surface area contributed by atoms with Crippen LogP contribution in [0.1, 0.15) is 42.9 Å². The third-order valence-electron chi connectivity index (χ3n) is 2.97. The van der Waals surface area contributed by atoms with E-state index >= 15 is 0 Å². The van der Waals surface area contributed by atoms with Crippen LogP contribution in [0.4, 0.5) is 0 Å². The lowest BCUT2D eigenvalue weighted by Gasteiger charge is -2.13. The fraction of sp³-hybridized carbons (Fsp3) is 0.333. The van der Waals surface area contributed by atoms with E-state index in [1.54, 1.807) is 25.1 Å². The smallest absolute Gasteiger partial charge is 0.354 e. The molecule has 0 saturated heterocycles. The normalized spacial score (nSPS) is 10.7. The Morgan fingerprint density at radius 2 is 2.16 bits per heavy atom. The molecular weight excluding hydrogens is 240 g/mol. The molecule has 19 heavy (non-hydrogen) atoms. The van der Waals surface area contributed by atoms with Crippen molar-refractivity contribution in [3.8, 4) is 6.07 Å². The van der Waals surface area contributed by atoms with Crippen LogP contribution in [0.15, 0.2) is 24.3 Å². The summed E-state index contributed by atoms with van der Waals surface area (Å²) >= 11 is 0. The van der Waals surface area contributed by atoms with E-state index < -0.39 is 0 Å². The van der Waals surface area contributed by atoms with E-state index in [9.17, 15) is 4.79 Å². The third-order valence-corrected chi connectivity index (χ3v) is 2.97. The summed E-state index contributed by atoms with van der Waals surface area (Å²) in [5.74, 6) is -0.328. The van der Waals surface area contributed by atoms with Gasteiger partial charge in [-0.15, -0.1) is 0 Å². The maximum Gasteiger partial charge on any atom is 0.354 e. The van der Waals surface area contributed by atoms with Crippen molar-refractivity contribution in [3.05, 3.63) is 35.5 Å². The van der Waals surface area contributed by atoms with Crippen LogP contribution in [-0.4, -0.2) is 17.1 Å². The van der Waals surface area contributed by atoms with Crippen LogP contribution >= 0.6 is 0 Å². The number of rotatable bonds is 3. The van der Waals surface area contributed by atoms with Crippen LogP contribution in [0, 0.1) is 11.3 Å². The Morgan fingerprint density at radius 3 is 2.74 bits per heavy atom. The highest BCUT2D eigenvalue weighted by Crippen LogP contribution is 2.25. The second-order valence-electron chi connectivity index (χ2n) is 4.60. The summed E-state index contributed by atoms with van der Waals surface area (Å²) < 4.78 is 7.02. The summed E-state index contributed by atoms with van der Waals surface area (Å²) in [6.45, 7) is 6.16. The molecule has 0 unspecified atom stereocenters. The molecule has 0 amide bonds. The zero-order valence-corrected chi connectivity index (χ0v) is 11.3. The molecule has 0 atom stereocenters. The van der Waals surface area contributed by atoms with Crippen LogP contribution < -0.4 is 0 Å². The van der Waals surface area contributed by atoms with Gasteiger partial charge in [-0.2, -0.15) is 5.26 Å². The largest absolute Gasteiger partial charge is 0.461 e. The molecule has 0 aliphatic heterocycles. The van der Waals surface area contributed by atoms with E-state index in [2.05, 4.69) is 6.07 Å². The van der Waals surface area contributed by atoms with Crippen LogP contribution in [0.25, 0.3) is 10.9 Å². The highest BCUT2D eigenvalue weighted by atomic mass is 16.5. The lowest BCUT2D eigenvalue weighted by molar-refractivity contribution is 0.0513. The molecule has 2 rings (SSSR count). The number of hydrogen-bond acceptors (Lipinski definition) is 3. The molecule has 1 heterocycles. The molecule has 2 aromatic rings. The minimum Gasteiger partial charge on any atom is -0.461 e. The number of nitriles is 1. The van der Waals surface area contributed by atoms with Crippen molar-refractivity contribution in [2.45, 2.75) is 26.8 Å². The number of hydrogen-bond donors (Lipinski definition) is 0. The average Bonchev–Trinajstić information content (AvgIpc) is 2.77. The van der Waals surface area contributed by atoms with Gasteiger partial charge in [0.05, 0.1) is 18.2 Å². The van der Waals surface area contributed by atoms with Gasteiger partial charge >= 0.3 is 5.97 Å². The number of fused-ring (bicyclic) bond motifs is 1. The Kier molecular flexibility index (Phi) is 3.57. The standard InChI is InChI=1S/C15H16N2O2/c1-4-19-15(18)14-8-12-7-11(9-16)5-6-13(12)17(14)10(2)3/h5-8,10H,4H2,1-3H3. The summed E-state index contributed by atoms with van der Waals surface area (Å²) in [4.78, 5) is 12.0. The Bertz CT molecular complexity index is 663. The first kappa shape index (κ1) is 13.2. The first-order valence-corrected chi connectivity index (χ1v) is 6.30. The molecule has 0 spiro atoms.